The number of anilines is 1. The lowest BCUT2D eigenvalue weighted by atomic mass is 10.1. The largest absolute Gasteiger partial charge is 0.309 e. The molecule has 2 N–H and O–H groups in total. The van der Waals surface area contributed by atoms with Crippen molar-refractivity contribution in [1.82, 2.24) is 10.9 Å². The van der Waals surface area contributed by atoms with Crippen LogP contribution < -0.4 is 15.8 Å². The summed E-state index contributed by atoms with van der Waals surface area (Å²) in [5.74, 6) is -3.72. The third kappa shape index (κ3) is 4.21. The SMILES string of the molecule is O=C(NNC(=O)[C@@H]1CC(=O)N(c2ccc(F)cc2F)C1)c1cc2c(s1)CCCCC2. The van der Waals surface area contributed by atoms with Crippen molar-refractivity contribution in [2.45, 2.75) is 38.5 Å². The van der Waals surface area contributed by atoms with Crippen molar-refractivity contribution >= 4 is 34.7 Å². The van der Waals surface area contributed by atoms with Crippen LogP contribution in [0.25, 0.3) is 0 Å². The number of fused-ring (bicyclic) bond motifs is 1. The van der Waals surface area contributed by atoms with Crippen molar-refractivity contribution in [3.05, 3.63) is 51.2 Å². The van der Waals surface area contributed by atoms with Crippen LogP contribution in [0.4, 0.5) is 14.5 Å². The molecule has 1 aromatic carbocycles. The molecule has 2 heterocycles. The highest BCUT2D eigenvalue weighted by molar-refractivity contribution is 7.14. The van der Waals surface area contributed by atoms with Crippen molar-refractivity contribution in [3.8, 4) is 0 Å². The summed E-state index contributed by atoms with van der Waals surface area (Å²) in [5, 5.41) is 0. The minimum absolute atomic E-state index is 0.0453. The summed E-state index contributed by atoms with van der Waals surface area (Å²) in [7, 11) is 0. The second-order valence-electron chi connectivity index (χ2n) is 7.56. The number of nitrogens with one attached hydrogen (secondary N) is 2. The van der Waals surface area contributed by atoms with Gasteiger partial charge in [-0.1, -0.05) is 6.42 Å². The molecule has 9 heteroatoms. The number of hydrogen-bond acceptors (Lipinski definition) is 4. The summed E-state index contributed by atoms with van der Waals surface area (Å²) in [6, 6.07) is 4.80. The van der Waals surface area contributed by atoms with Crippen LogP contribution in [-0.2, 0) is 22.4 Å². The molecule has 158 valence electrons. The Morgan fingerprint density at radius 3 is 2.67 bits per heavy atom. The van der Waals surface area contributed by atoms with Crippen molar-refractivity contribution in [1.29, 1.82) is 0 Å². The first-order valence-corrected chi connectivity index (χ1v) is 10.7. The molecule has 3 amide bonds. The Hall–Kier alpha value is -2.81. The van der Waals surface area contributed by atoms with Gasteiger partial charge in [-0.3, -0.25) is 25.2 Å². The molecule has 0 unspecified atom stereocenters. The van der Waals surface area contributed by atoms with E-state index in [0.717, 1.165) is 36.6 Å². The third-order valence-corrected chi connectivity index (χ3v) is 6.70. The van der Waals surface area contributed by atoms with Gasteiger partial charge in [0.1, 0.15) is 11.6 Å². The first kappa shape index (κ1) is 20.5. The van der Waals surface area contributed by atoms with Crippen molar-refractivity contribution < 1.29 is 23.2 Å². The van der Waals surface area contributed by atoms with E-state index in [9.17, 15) is 23.2 Å². The monoisotopic (exact) mass is 433 g/mol. The Kier molecular flexibility index (Phi) is 5.80. The summed E-state index contributed by atoms with van der Waals surface area (Å²) < 4.78 is 27.1. The molecule has 1 fully saturated rings. The van der Waals surface area contributed by atoms with E-state index in [1.165, 1.54) is 34.3 Å². The maximum atomic E-state index is 14.0. The molecule has 1 atom stereocenters. The van der Waals surface area contributed by atoms with Gasteiger partial charge < -0.3 is 4.90 Å². The van der Waals surface area contributed by atoms with E-state index in [-0.39, 0.29) is 18.7 Å². The summed E-state index contributed by atoms with van der Waals surface area (Å²) in [6.45, 7) is -0.0453. The van der Waals surface area contributed by atoms with Gasteiger partial charge in [0.25, 0.3) is 5.91 Å². The molecular formula is C21H21F2N3O3S. The number of aryl methyl sites for hydroxylation is 2. The van der Waals surface area contributed by atoms with Crippen LogP contribution in [0.2, 0.25) is 0 Å². The zero-order valence-corrected chi connectivity index (χ0v) is 17.0. The van der Waals surface area contributed by atoms with Gasteiger partial charge in [-0.05, 0) is 49.4 Å². The van der Waals surface area contributed by atoms with Gasteiger partial charge in [-0.2, -0.15) is 0 Å². The number of thiophene rings is 1. The van der Waals surface area contributed by atoms with Gasteiger partial charge in [-0.15, -0.1) is 11.3 Å². The lowest BCUT2D eigenvalue weighted by molar-refractivity contribution is -0.126. The van der Waals surface area contributed by atoms with Gasteiger partial charge >= 0.3 is 0 Å². The van der Waals surface area contributed by atoms with E-state index in [4.69, 9.17) is 0 Å². The predicted molar refractivity (Wildman–Crippen MR) is 108 cm³/mol. The molecule has 30 heavy (non-hydrogen) atoms. The zero-order valence-electron chi connectivity index (χ0n) is 16.2. The molecule has 0 radical (unpaired) electrons. The molecule has 2 aromatic rings. The van der Waals surface area contributed by atoms with E-state index in [1.54, 1.807) is 0 Å². The molecule has 1 saturated heterocycles. The Labute approximate surface area is 176 Å². The minimum Gasteiger partial charge on any atom is -0.309 e. The summed E-state index contributed by atoms with van der Waals surface area (Å²) in [4.78, 5) is 40.0. The predicted octanol–water partition coefficient (Wildman–Crippen LogP) is 3.11. The van der Waals surface area contributed by atoms with E-state index in [0.29, 0.717) is 10.9 Å². The van der Waals surface area contributed by atoms with Crippen molar-refractivity contribution in [3.63, 3.8) is 0 Å². The number of carbonyl (C=O) groups excluding carboxylic acids is 3. The van der Waals surface area contributed by atoms with Gasteiger partial charge in [0.15, 0.2) is 0 Å². The Morgan fingerprint density at radius 1 is 1.07 bits per heavy atom. The maximum Gasteiger partial charge on any atom is 0.279 e. The number of hydrogen-bond donors (Lipinski definition) is 2. The molecule has 1 aliphatic carbocycles. The molecule has 1 aliphatic heterocycles. The van der Waals surface area contributed by atoms with Gasteiger partial charge in [0, 0.05) is 23.9 Å². The van der Waals surface area contributed by atoms with E-state index in [2.05, 4.69) is 10.9 Å². The average molecular weight is 433 g/mol. The first-order chi connectivity index (χ1) is 14.4. The number of rotatable bonds is 3. The maximum absolute atomic E-state index is 14.0. The molecule has 4 rings (SSSR count). The molecule has 0 spiro atoms. The highest BCUT2D eigenvalue weighted by Gasteiger charge is 2.36. The normalized spacial score (nSPS) is 18.7. The topological polar surface area (TPSA) is 78.5 Å². The smallest absolute Gasteiger partial charge is 0.279 e. The highest BCUT2D eigenvalue weighted by atomic mass is 32.1. The van der Waals surface area contributed by atoms with Crippen LogP contribution in [0.5, 0.6) is 0 Å². The summed E-state index contributed by atoms with van der Waals surface area (Å²) >= 11 is 1.44. The fraction of sp³-hybridized carbons (Fsp3) is 0.381. The molecule has 6 nitrogen and oxygen atoms in total. The molecular weight excluding hydrogens is 412 g/mol. The zero-order chi connectivity index (χ0) is 21.3. The van der Waals surface area contributed by atoms with Crippen molar-refractivity contribution in [2.24, 2.45) is 5.92 Å². The standard InChI is InChI=1S/C21H21F2N3O3S/c22-14-6-7-16(15(23)10-14)26-11-13(9-19(26)27)20(28)24-25-21(29)18-8-12-4-2-1-3-5-17(12)30-18/h6-8,10,13H,1-5,9,11H2,(H,24,28)(H,25,29)/t13-/m1/s1. The summed E-state index contributed by atoms with van der Waals surface area (Å²) in [6.07, 6.45) is 5.24. The van der Waals surface area contributed by atoms with Crippen LogP contribution in [0.1, 0.15) is 45.8 Å². The number of nitrogens with zero attached hydrogens (tertiary/aromatic N) is 1. The van der Waals surface area contributed by atoms with Gasteiger partial charge in [0.05, 0.1) is 16.5 Å². The molecule has 2 aliphatic rings. The minimum atomic E-state index is -0.866. The third-order valence-electron chi connectivity index (χ3n) is 5.47. The van der Waals surface area contributed by atoms with E-state index in [1.807, 2.05) is 6.07 Å². The van der Waals surface area contributed by atoms with Gasteiger partial charge in [0.2, 0.25) is 11.8 Å². The lowest BCUT2D eigenvalue weighted by Gasteiger charge is -2.17. The number of amides is 3. The Balaban J connectivity index is 1.35. The van der Waals surface area contributed by atoms with Gasteiger partial charge in [-0.25, -0.2) is 8.78 Å². The van der Waals surface area contributed by atoms with Crippen LogP contribution in [0, 0.1) is 17.6 Å². The second kappa shape index (κ2) is 8.51. The molecule has 0 bridgehead atoms. The number of carbonyl (C=O) groups is 3. The fourth-order valence-electron chi connectivity index (χ4n) is 3.88. The lowest BCUT2D eigenvalue weighted by Crippen LogP contribution is -2.45. The van der Waals surface area contributed by atoms with Crippen molar-refractivity contribution in [2.75, 3.05) is 11.4 Å². The number of halogens is 2. The first-order valence-electron chi connectivity index (χ1n) is 9.89. The fourth-order valence-corrected chi connectivity index (χ4v) is 5.03. The highest BCUT2D eigenvalue weighted by Crippen LogP contribution is 2.29. The quantitative estimate of drug-likeness (QED) is 0.577. The van der Waals surface area contributed by atoms with E-state index < -0.39 is 35.3 Å². The number of hydrazine groups is 1. The van der Waals surface area contributed by atoms with E-state index >= 15 is 0 Å². The molecule has 1 aromatic heterocycles. The second-order valence-corrected chi connectivity index (χ2v) is 8.70. The molecule has 0 saturated carbocycles. The van der Waals surface area contributed by atoms with Crippen LogP contribution >= 0.6 is 11.3 Å². The van der Waals surface area contributed by atoms with Crippen LogP contribution in [0.3, 0.4) is 0 Å². The summed E-state index contributed by atoms with van der Waals surface area (Å²) in [5.41, 5.74) is 5.91. The number of benzene rings is 1. The average Bonchev–Trinajstić information content (AvgIpc) is 3.23. The Bertz CT molecular complexity index is 984. The van der Waals surface area contributed by atoms with Crippen LogP contribution in [0.15, 0.2) is 24.3 Å². The van der Waals surface area contributed by atoms with Crippen LogP contribution in [-0.4, -0.2) is 24.3 Å². The Morgan fingerprint density at radius 2 is 1.87 bits per heavy atom.